The van der Waals surface area contributed by atoms with Crippen LogP contribution in [0.5, 0.6) is 5.75 Å². The molecule has 0 aliphatic carbocycles. The van der Waals surface area contributed by atoms with Crippen LogP contribution in [0.3, 0.4) is 0 Å². The number of ether oxygens (including phenoxy) is 1. The summed E-state index contributed by atoms with van der Waals surface area (Å²) in [5.74, 6) is 0.153. The predicted octanol–water partition coefficient (Wildman–Crippen LogP) is 3.11. The average Bonchev–Trinajstić information content (AvgIpc) is 3.11. The van der Waals surface area contributed by atoms with Gasteiger partial charge in [-0.1, -0.05) is 18.2 Å². The molecule has 0 spiro atoms. The zero-order valence-corrected chi connectivity index (χ0v) is 17.0. The van der Waals surface area contributed by atoms with Gasteiger partial charge in [0.25, 0.3) is 0 Å². The lowest BCUT2D eigenvalue weighted by molar-refractivity contribution is 0.0977. The first-order chi connectivity index (χ1) is 13.3. The number of nitrogens with one attached hydrogen (secondary N) is 2. The molecule has 1 aromatic heterocycles. The highest BCUT2D eigenvalue weighted by molar-refractivity contribution is 7.89. The predicted molar refractivity (Wildman–Crippen MR) is 110 cm³/mol. The SMILES string of the molecule is COc1ccc(N[C@H](C)C(=O)c2c[nH]c3ccccc23)cc1S(=O)(=O)N(C)C. The fourth-order valence-corrected chi connectivity index (χ4v) is 4.06. The zero-order chi connectivity index (χ0) is 20.5. The lowest BCUT2D eigenvalue weighted by Gasteiger charge is -2.18. The third-order valence-corrected chi connectivity index (χ3v) is 6.39. The van der Waals surface area contributed by atoms with Crippen LogP contribution in [0.1, 0.15) is 17.3 Å². The second-order valence-corrected chi connectivity index (χ2v) is 8.75. The van der Waals surface area contributed by atoms with Gasteiger partial charge in [-0.3, -0.25) is 4.79 Å². The van der Waals surface area contributed by atoms with Crippen LogP contribution in [0.15, 0.2) is 53.6 Å². The van der Waals surface area contributed by atoms with Crippen molar-refractivity contribution in [3.63, 3.8) is 0 Å². The number of carbonyl (C=O) groups excluding carboxylic acids is 1. The van der Waals surface area contributed by atoms with Gasteiger partial charge in [-0.2, -0.15) is 0 Å². The Labute approximate surface area is 164 Å². The maximum absolute atomic E-state index is 12.9. The molecule has 2 aromatic carbocycles. The molecule has 0 saturated heterocycles. The van der Waals surface area contributed by atoms with E-state index in [9.17, 15) is 13.2 Å². The van der Waals surface area contributed by atoms with Gasteiger partial charge in [0.05, 0.1) is 13.2 Å². The minimum atomic E-state index is -3.69. The van der Waals surface area contributed by atoms with Crippen molar-refractivity contribution in [1.82, 2.24) is 9.29 Å². The van der Waals surface area contributed by atoms with Crippen LogP contribution in [0, 0.1) is 0 Å². The minimum Gasteiger partial charge on any atom is -0.495 e. The zero-order valence-electron chi connectivity index (χ0n) is 16.2. The number of aromatic nitrogens is 1. The van der Waals surface area contributed by atoms with E-state index in [1.54, 1.807) is 25.3 Å². The number of anilines is 1. The molecule has 3 aromatic rings. The summed E-state index contributed by atoms with van der Waals surface area (Å²) < 4.78 is 31.4. The van der Waals surface area contributed by atoms with Crippen molar-refractivity contribution < 1.29 is 17.9 Å². The molecule has 0 amide bonds. The number of para-hydroxylation sites is 1. The number of aromatic amines is 1. The van der Waals surface area contributed by atoms with Gasteiger partial charge in [-0.05, 0) is 31.2 Å². The summed E-state index contributed by atoms with van der Waals surface area (Å²) in [6.07, 6.45) is 1.70. The van der Waals surface area contributed by atoms with Crippen LogP contribution in [0.4, 0.5) is 5.69 Å². The van der Waals surface area contributed by atoms with Crippen LogP contribution in [-0.4, -0.2) is 50.7 Å². The Bertz CT molecular complexity index is 1120. The van der Waals surface area contributed by atoms with Crippen LogP contribution in [-0.2, 0) is 10.0 Å². The Hall–Kier alpha value is -2.84. The Morgan fingerprint density at radius 2 is 1.89 bits per heavy atom. The molecule has 28 heavy (non-hydrogen) atoms. The van der Waals surface area contributed by atoms with Gasteiger partial charge < -0.3 is 15.0 Å². The van der Waals surface area contributed by atoms with E-state index >= 15 is 0 Å². The van der Waals surface area contributed by atoms with Crippen molar-refractivity contribution in [3.05, 3.63) is 54.2 Å². The summed E-state index contributed by atoms with van der Waals surface area (Å²) >= 11 is 0. The highest BCUT2D eigenvalue weighted by Gasteiger charge is 2.24. The Balaban J connectivity index is 1.90. The van der Waals surface area contributed by atoms with Gasteiger partial charge in [-0.15, -0.1) is 0 Å². The third-order valence-electron chi connectivity index (χ3n) is 4.55. The average molecular weight is 401 g/mol. The van der Waals surface area contributed by atoms with E-state index in [2.05, 4.69) is 10.3 Å². The summed E-state index contributed by atoms with van der Waals surface area (Å²) in [5, 5.41) is 3.95. The van der Waals surface area contributed by atoms with Crippen molar-refractivity contribution in [2.45, 2.75) is 17.9 Å². The van der Waals surface area contributed by atoms with E-state index in [1.165, 1.54) is 27.3 Å². The third kappa shape index (κ3) is 3.61. The summed E-state index contributed by atoms with van der Waals surface area (Å²) in [7, 11) is 0.638. The second-order valence-electron chi connectivity index (χ2n) is 6.63. The van der Waals surface area contributed by atoms with E-state index in [0.717, 1.165) is 15.2 Å². The number of ketones is 1. The number of rotatable bonds is 7. The topological polar surface area (TPSA) is 91.5 Å². The molecular formula is C20H23N3O4S. The molecule has 0 aliphatic heterocycles. The summed E-state index contributed by atoms with van der Waals surface area (Å²) in [6, 6.07) is 11.8. The molecule has 1 heterocycles. The van der Waals surface area contributed by atoms with E-state index < -0.39 is 16.1 Å². The van der Waals surface area contributed by atoms with Crippen LogP contribution < -0.4 is 10.1 Å². The van der Waals surface area contributed by atoms with Crippen LogP contribution in [0.2, 0.25) is 0 Å². The summed E-state index contributed by atoms with van der Waals surface area (Å²) in [6.45, 7) is 1.74. The maximum atomic E-state index is 12.9. The highest BCUT2D eigenvalue weighted by Crippen LogP contribution is 2.29. The molecule has 148 valence electrons. The second kappa shape index (κ2) is 7.65. The number of methoxy groups -OCH3 is 1. The number of carbonyl (C=O) groups is 1. The first kappa shape index (κ1) is 19.9. The van der Waals surface area contributed by atoms with E-state index in [1.807, 2.05) is 24.3 Å². The molecule has 0 saturated carbocycles. The fourth-order valence-electron chi connectivity index (χ4n) is 2.99. The highest BCUT2D eigenvalue weighted by atomic mass is 32.2. The van der Waals surface area contributed by atoms with Crippen molar-refractivity contribution >= 4 is 32.4 Å². The van der Waals surface area contributed by atoms with Crippen molar-refractivity contribution in [2.24, 2.45) is 0 Å². The molecule has 1 atom stereocenters. The lowest BCUT2D eigenvalue weighted by Crippen LogP contribution is -2.27. The fraction of sp³-hybridized carbons (Fsp3) is 0.250. The number of hydrogen-bond acceptors (Lipinski definition) is 5. The molecule has 0 bridgehead atoms. The molecule has 8 heteroatoms. The molecule has 0 unspecified atom stereocenters. The number of sulfonamides is 1. The Kier molecular flexibility index (Phi) is 5.44. The number of fused-ring (bicyclic) bond motifs is 1. The summed E-state index contributed by atoms with van der Waals surface area (Å²) in [5.41, 5.74) is 1.99. The van der Waals surface area contributed by atoms with E-state index in [0.29, 0.717) is 11.3 Å². The number of benzene rings is 2. The van der Waals surface area contributed by atoms with Gasteiger partial charge in [-0.25, -0.2) is 12.7 Å². The molecule has 0 aliphatic rings. The van der Waals surface area contributed by atoms with Gasteiger partial charge in [0, 0.05) is 42.4 Å². The molecular weight excluding hydrogens is 378 g/mol. The molecule has 0 fully saturated rings. The van der Waals surface area contributed by atoms with Crippen LogP contribution in [0.25, 0.3) is 10.9 Å². The van der Waals surface area contributed by atoms with Crippen molar-refractivity contribution in [2.75, 3.05) is 26.5 Å². The first-order valence-corrected chi connectivity index (χ1v) is 10.2. The van der Waals surface area contributed by atoms with E-state index in [-0.39, 0.29) is 16.4 Å². The van der Waals surface area contributed by atoms with Gasteiger partial charge >= 0.3 is 0 Å². The Morgan fingerprint density at radius 3 is 2.57 bits per heavy atom. The maximum Gasteiger partial charge on any atom is 0.246 e. The summed E-state index contributed by atoms with van der Waals surface area (Å²) in [4.78, 5) is 16.0. The van der Waals surface area contributed by atoms with Crippen LogP contribution >= 0.6 is 0 Å². The quantitative estimate of drug-likeness (QED) is 0.594. The smallest absolute Gasteiger partial charge is 0.246 e. The number of nitrogens with zero attached hydrogens (tertiary/aromatic N) is 1. The Morgan fingerprint density at radius 1 is 1.18 bits per heavy atom. The standard InChI is InChI=1S/C20H23N3O4S/c1-13(20(24)16-12-21-17-8-6-5-7-15(16)17)22-14-9-10-18(27-4)19(11-14)28(25,26)23(2)3/h5-13,21-22H,1-4H3/t13-/m1/s1. The number of H-pyrrole nitrogens is 1. The van der Waals surface area contributed by atoms with E-state index in [4.69, 9.17) is 4.74 Å². The van der Waals surface area contributed by atoms with Gasteiger partial charge in [0.15, 0.2) is 5.78 Å². The molecule has 3 rings (SSSR count). The van der Waals surface area contributed by atoms with Gasteiger partial charge in [0.2, 0.25) is 10.0 Å². The molecule has 0 radical (unpaired) electrons. The molecule has 7 nitrogen and oxygen atoms in total. The van der Waals surface area contributed by atoms with Crippen molar-refractivity contribution in [1.29, 1.82) is 0 Å². The normalized spacial score (nSPS) is 12.9. The largest absolute Gasteiger partial charge is 0.495 e. The van der Waals surface area contributed by atoms with Gasteiger partial charge in [0.1, 0.15) is 10.6 Å². The first-order valence-electron chi connectivity index (χ1n) is 8.73. The van der Waals surface area contributed by atoms with Crippen molar-refractivity contribution in [3.8, 4) is 5.75 Å². The molecule has 2 N–H and O–H groups in total. The number of Topliss-reactive ketones (excluding diaryl/α,β-unsaturated/α-hetero) is 1. The minimum absolute atomic E-state index is 0.0387. The monoisotopic (exact) mass is 401 g/mol. The number of hydrogen-bond donors (Lipinski definition) is 2. The lowest BCUT2D eigenvalue weighted by atomic mass is 10.0.